The molecule has 0 aromatic heterocycles. The average Bonchev–Trinajstić information content (AvgIpc) is 2.29. The number of benzene rings is 1. The van der Waals surface area contributed by atoms with Crippen LogP contribution in [0.3, 0.4) is 0 Å². The molecular formula is C14H24ClN3O. The molecule has 1 rings (SSSR count). The van der Waals surface area contributed by atoms with Crippen LogP contribution in [0.5, 0.6) is 0 Å². The first kappa shape index (κ1) is 17.9. The largest absolute Gasteiger partial charge is 0.351 e. The first-order valence-electron chi connectivity index (χ1n) is 6.24. The maximum Gasteiger partial charge on any atom is 0.234 e. The van der Waals surface area contributed by atoms with Crippen molar-refractivity contribution in [3.8, 4) is 0 Å². The zero-order valence-corrected chi connectivity index (χ0v) is 12.7. The Kier molecular flexibility index (Phi) is 9.21. The third kappa shape index (κ3) is 7.82. The van der Waals surface area contributed by atoms with Crippen LogP contribution in [0.25, 0.3) is 0 Å². The summed E-state index contributed by atoms with van der Waals surface area (Å²) in [5.41, 5.74) is 1.24. The fourth-order valence-electron chi connectivity index (χ4n) is 1.94. The van der Waals surface area contributed by atoms with Gasteiger partial charge in [-0.1, -0.05) is 30.3 Å². The first-order valence-corrected chi connectivity index (χ1v) is 6.24. The lowest BCUT2D eigenvalue weighted by atomic mass is 10.1. The highest BCUT2D eigenvalue weighted by Gasteiger charge is 2.13. The molecule has 1 amide bonds. The van der Waals surface area contributed by atoms with Gasteiger partial charge in [-0.3, -0.25) is 4.79 Å². The SMILES string of the molecule is CNCC(=O)NC(Cc1ccccc1)CN(C)C.Cl. The summed E-state index contributed by atoms with van der Waals surface area (Å²) in [6, 6.07) is 10.4. The van der Waals surface area contributed by atoms with Gasteiger partial charge in [0.25, 0.3) is 0 Å². The molecule has 0 saturated carbocycles. The molecule has 0 aliphatic heterocycles. The summed E-state index contributed by atoms with van der Waals surface area (Å²) in [5.74, 6) is 0.0419. The van der Waals surface area contributed by atoms with Crippen molar-refractivity contribution in [3.05, 3.63) is 35.9 Å². The van der Waals surface area contributed by atoms with Gasteiger partial charge in [0, 0.05) is 12.6 Å². The zero-order chi connectivity index (χ0) is 13.4. The molecule has 0 aliphatic rings. The predicted molar refractivity (Wildman–Crippen MR) is 81.8 cm³/mol. The van der Waals surface area contributed by atoms with Gasteiger partial charge in [0.05, 0.1) is 6.54 Å². The molecule has 19 heavy (non-hydrogen) atoms. The molecule has 0 aliphatic carbocycles. The minimum Gasteiger partial charge on any atom is -0.351 e. The van der Waals surface area contributed by atoms with Crippen molar-refractivity contribution in [1.82, 2.24) is 15.5 Å². The van der Waals surface area contributed by atoms with Crippen molar-refractivity contribution in [2.75, 3.05) is 34.2 Å². The van der Waals surface area contributed by atoms with Gasteiger partial charge < -0.3 is 15.5 Å². The van der Waals surface area contributed by atoms with Crippen LogP contribution in [0, 0.1) is 0 Å². The fourth-order valence-corrected chi connectivity index (χ4v) is 1.94. The van der Waals surface area contributed by atoms with E-state index in [-0.39, 0.29) is 24.4 Å². The number of carbonyl (C=O) groups excluding carboxylic acids is 1. The molecule has 108 valence electrons. The lowest BCUT2D eigenvalue weighted by Crippen LogP contribution is -2.45. The fraction of sp³-hybridized carbons (Fsp3) is 0.500. The molecular weight excluding hydrogens is 262 g/mol. The van der Waals surface area contributed by atoms with Crippen molar-refractivity contribution in [1.29, 1.82) is 0 Å². The molecule has 4 nitrogen and oxygen atoms in total. The van der Waals surface area contributed by atoms with Crippen LogP contribution in [0.15, 0.2) is 30.3 Å². The highest BCUT2D eigenvalue weighted by Crippen LogP contribution is 2.03. The van der Waals surface area contributed by atoms with Gasteiger partial charge in [0.15, 0.2) is 0 Å². The standard InChI is InChI=1S/C14H23N3O.ClH/c1-15-10-14(18)16-13(11-17(2)3)9-12-7-5-4-6-8-12;/h4-8,13,15H,9-11H2,1-3H3,(H,16,18);1H. The van der Waals surface area contributed by atoms with Crippen LogP contribution in [-0.2, 0) is 11.2 Å². The number of rotatable bonds is 7. The van der Waals surface area contributed by atoms with Gasteiger partial charge in [0.1, 0.15) is 0 Å². The summed E-state index contributed by atoms with van der Waals surface area (Å²) in [5, 5.41) is 5.92. The summed E-state index contributed by atoms with van der Waals surface area (Å²) in [6.07, 6.45) is 0.856. The van der Waals surface area contributed by atoms with Crippen LogP contribution < -0.4 is 10.6 Å². The van der Waals surface area contributed by atoms with E-state index in [0.29, 0.717) is 6.54 Å². The quantitative estimate of drug-likeness (QED) is 0.783. The van der Waals surface area contributed by atoms with E-state index in [9.17, 15) is 4.79 Å². The van der Waals surface area contributed by atoms with Crippen LogP contribution in [-0.4, -0.2) is 51.1 Å². The average molecular weight is 286 g/mol. The molecule has 0 spiro atoms. The second kappa shape index (κ2) is 9.78. The van der Waals surface area contributed by atoms with Crippen molar-refractivity contribution >= 4 is 18.3 Å². The van der Waals surface area contributed by atoms with E-state index in [0.717, 1.165) is 13.0 Å². The topological polar surface area (TPSA) is 44.4 Å². The number of carbonyl (C=O) groups is 1. The van der Waals surface area contributed by atoms with Gasteiger partial charge in [-0.2, -0.15) is 0 Å². The van der Waals surface area contributed by atoms with Crippen LogP contribution in [0.2, 0.25) is 0 Å². The van der Waals surface area contributed by atoms with Crippen molar-refractivity contribution in [3.63, 3.8) is 0 Å². The first-order chi connectivity index (χ1) is 8.61. The third-order valence-corrected chi connectivity index (χ3v) is 2.61. The zero-order valence-electron chi connectivity index (χ0n) is 11.8. The van der Waals surface area contributed by atoms with E-state index in [1.54, 1.807) is 7.05 Å². The van der Waals surface area contributed by atoms with Gasteiger partial charge in [-0.15, -0.1) is 12.4 Å². The normalized spacial score (nSPS) is 11.8. The lowest BCUT2D eigenvalue weighted by Gasteiger charge is -2.22. The Morgan fingerprint density at radius 1 is 1.26 bits per heavy atom. The number of nitrogens with zero attached hydrogens (tertiary/aromatic N) is 1. The van der Waals surface area contributed by atoms with Gasteiger partial charge in [0.2, 0.25) is 5.91 Å². The van der Waals surface area contributed by atoms with Crippen molar-refractivity contribution in [2.24, 2.45) is 0 Å². The van der Waals surface area contributed by atoms with E-state index in [1.807, 2.05) is 32.3 Å². The highest BCUT2D eigenvalue weighted by atomic mass is 35.5. The Hall–Kier alpha value is -1.10. The van der Waals surface area contributed by atoms with E-state index in [4.69, 9.17) is 0 Å². The number of likely N-dealkylation sites (N-methyl/N-ethyl adjacent to an activating group) is 2. The maximum atomic E-state index is 11.6. The van der Waals surface area contributed by atoms with Crippen molar-refractivity contribution in [2.45, 2.75) is 12.5 Å². The number of amides is 1. The molecule has 0 radical (unpaired) electrons. The van der Waals surface area contributed by atoms with E-state index >= 15 is 0 Å². The Morgan fingerprint density at radius 2 is 1.89 bits per heavy atom. The Labute approximate surface area is 122 Å². The molecule has 1 aromatic rings. The summed E-state index contributed by atoms with van der Waals surface area (Å²) >= 11 is 0. The Morgan fingerprint density at radius 3 is 2.42 bits per heavy atom. The van der Waals surface area contributed by atoms with Crippen molar-refractivity contribution < 1.29 is 4.79 Å². The van der Waals surface area contributed by atoms with Crippen LogP contribution in [0.4, 0.5) is 0 Å². The second-order valence-electron chi connectivity index (χ2n) is 4.75. The molecule has 0 heterocycles. The molecule has 1 atom stereocenters. The third-order valence-electron chi connectivity index (χ3n) is 2.61. The number of halogens is 1. The molecule has 0 fully saturated rings. The molecule has 0 bridgehead atoms. The number of hydrogen-bond acceptors (Lipinski definition) is 3. The number of nitrogens with one attached hydrogen (secondary N) is 2. The number of hydrogen-bond donors (Lipinski definition) is 2. The predicted octanol–water partition coefficient (Wildman–Crippen LogP) is 0.917. The molecule has 2 N–H and O–H groups in total. The van der Waals surface area contributed by atoms with E-state index < -0.39 is 0 Å². The molecule has 1 aromatic carbocycles. The maximum absolute atomic E-state index is 11.6. The van der Waals surface area contributed by atoms with Gasteiger partial charge >= 0.3 is 0 Å². The Balaban J connectivity index is 0.00000324. The van der Waals surface area contributed by atoms with Gasteiger partial charge in [-0.25, -0.2) is 0 Å². The summed E-state index contributed by atoms with van der Waals surface area (Å²) in [6.45, 7) is 1.20. The molecule has 1 unspecified atom stereocenters. The molecule has 0 saturated heterocycles. The minimum absolute atomic E-state index is 0. The summed E-state index contributed by atoms with van der Waals surface area (Å²) in [4.78, 5) is 13.7. The summed E-state index contributed by atoms with van der Waals surface area (Å²) in [7, 11) is 5.81. The lowest BCUT2D eigenvalue weighted by molar-refractivity contribution is -0.120. The minimum atomic E-state index is 0. The van der Waals surface area contributed by atoms with Crippen LogP contribution >= 0.6 is 12.4 Å². The smallest absolute Gasteiger partial charge is 0.234 e. The highest BCUT2D eigenvalue weighted by molar-refractivity contribution is 5.85. The Bertz CT molecular complexity index is 357. The van der Waals surface area contributed by atoms with Gasteiger partial charge in [-0.05, 0) is 33.1 Å². The molecule has 5 heteroatoms. The second-order valence-corrected chi connectivity index (χ2v) is 4.75. The van der Waals surface area contributed by atoms with Crippen LogP contribution in [0.1, 0.15) is 5.56 Å². The van der Waals surface area contributed by atoms with E-state index in [1.165, 1.54) is 5.56 Å². The van der Waals surface area contributed by atoms with E-state index in [2.05, 4.69) is 27.7 Å². The monoisotopic (exact) mass is 285 g/mol. The summed E-state index contributed by atoms with van der Waals surface area (Å²) < 4.78 is 0.